The highest BCUT2D eigenvalue weighted by atomic mass is 16.5. The van der Waals surface area contributed by atoms with Crippen LogP contribution in [0.2, 0.25) is 0 Å². The van der Waals surface area contributed by atoms with E-state index in [1.807, 2.05) is 40.2 Å². The Morgan fingerprint density at radius 2 is 2.10 bits per heavy atom. The molecule has 2 aromatic heterocycles. The van der Waals surface area contributed by atoms with Crippen molar-refractivity contribution in [3.05, 3.63) is 66.3 Å². The Labute approximate surface area is 174 Å². The number of hydrogen-bond donors (Lipinski definition) is 0. The Kier molecular flexibility index (Phi) is 3.90. The van der Waals surface area contributed by atoms with Gasteiger partial charge in [0.1, 0.15) is 5.60 Å². The van der Waals surface area contributed by atoms with E-state index in [0.29, 0.717) is 26.2 Å². The van der Waals surface area contributed by atoms with Gasteiger partial charge in [-0.1, -0.05) is 12.2 Å². The van der Waals surface area contributed by atoms with E-state index in [4.69, 9.17) is 4.74 Å². The van der Waals surface area contributed by atoms with Gasteiger partial charge in [-0.3, -0.25) is 14.6 Å². The van der Waals surface area contributed by atoms with Crippen LogP contribution in [0.1, 0.15) is 11.3 Å². The first kappa shape index (κ1) is 17.9. The van der Waals surface area contributed by atoms with Crippen molar-refractivity contribution >= 4 is 11.8 Å². The molecular weight excluding hydrogens is 380 g/mol. The Balaban J connectivity index is 1.21. The van der Waals surface area contributed by atoms with E-state index in [-0.39, 0.29) is 17.9 Å². The highest BCUT2D eigenvalue weighted by molar-refractivity contribution is 5.93. The number of hydrogen-bond acceptors (Lipinski definition) is 4. The third kappa shape index (κ3) is 2.58. The molecule has 6 heterocycles. The molecular formula is C23H24N4O3. The lowest BCUT2D eigenvalue weighted by molar-refractivity contribution is -0.144. The molecule has 0 N–H and O–H groups in total. The van der Waals surface area contributed by atoms with Gasteiger partial charge >= 0.3 is 0 Å². The second-order valence-corrected chi connectivity index (χ2v) is 8.72. The van der Waals surface area contributed by atoms with Crippen LogP contribution in [0.25, 0.3) is 0 Å². The number of carbonyl (C=O) groups excluding carboxylic acids is 2. The van der Waals surface area contributed by atoms with Gasteiger partial charge in [-0.05, 0) is 36.2 Å². The minimum atomic E-state index is -0.643. The summed E-state index contributed by atoms with van der Waals surface area (Å²) in [4.78, 5) is 34.7. The smallest absolute Gasteiger partial charge is 0.230 e. The van der Waals surface area contributed by atoms with Crippen molar-refractivity contribution in [1.82, 2.24) is 19.4 Å². The minimum Gasteiger partial charge on any atom is -0.360 e. The summed E-state index contributed by atoms with van der Waals surface area (Å²) in [5.41, 5.74) is 1.65. The van der Waals surface area contributed by atoms with Gasteiger partial charge < -0.3 is 19.1 Å². The van der Waals surface area contributed by atoms with Crippen molar-refractivity contribution < 1.29 is 14.3 Å². The Morgan fingerprint density at radius 1 is 1.23 bits per heavy atom. The summed E-state index contributed by atoms with van der Waals surface area (Å²) in [6.45, 7) is 3.22. The van der Waals surface area contributed by atoms with Crippen molar-refractivity contribution in [2.45, 2.75) is 31.2 Å². The van der Waals surface area contributed by atoms with Crippen LogP contribution in [0.5, 0.6) is 0 Å². The average Bonchev–Trinajstić information content (AvgIpc) is 3.53. The van der Waals surface area contributed by atoms with Gasteiger partial charge in [0.2, 0.25) is 11.8 Å². The van der Waals surface area contributed by atoms with Gasteiger partial charge in [-0.25, -0.2) is 0 Å². The number of amides is 2. The molecule has 0 saturated carbocycles. The lowest BCUT2D eigenvalue weighted by Gasteiger charge is -2.33. The predicted molar refractivity (Wildman–Crippen MR) is 108 cm³/mol. The zero-order valence-electron chi connectivity index (χ0n) is 16.7. The van der Waals surface area contributed by atoms with Gasteiger partial charge in [0.15, 0.2) is 0 Å². The monoisotopic (exact) mass is 404 g/mol. The summed E-state index contributed by atoms with van der Waals surface area (Å²) in [5, 5.41) is 0. The summed E-state index contributed by atoms with van der Waals surface area (Å²) < 4.78 is 8.46. The van der Waals surface area contributed by atoms with Crippen LogP contribution in [0.4, 0.5) is 0 Å². The molecule has 2 fully saturated rings. The van der Waals surface area contributed by atoms with E-state index in [1.165, 1.54) is 0 Å². The SMILES string of the molecule is O=C(C1C2C=CC3(CN(CCc4ccncc4)C(=O)C13)O2)N1CCn2cccc2C1. The number of nitrogens with zero attached hydrogens (tertiary/aromatic N) is 4. The number of likely N-dealkylation sites (tertiary alicyclic amines) is 1. The summed E-state index contributed by atoms with van der Waals surface area (Å²) in [7, 11) is 0. The van der Waals surface area contributed by atoms with Crippen molar-refractivity contribution in [1.29, 1.82) is 0 Å². The van der Waals surface area contributed by atoms with E-state index in [1.54, 1.807) is 12.4 Å². The third-order valence-corrected chi connectivity index (χ3v) is 7.08. The van der Waals surface area contributed by atoms with Crippen molar-refractivity contribution in [3.8, 4) is 0 Å². The maximum Gasteiger partial charge on any atom is 0.230 e. The standard InChI is InChI=1S/C23H24N4O3/c28-21(26-13-12-25-10-1-2-17(25)14-26)19-18-3-7-23(30-18)15-27(22(29)20(19)23)11-6-16-4-8-24-9-5-16/h1-5,7-10,18-20H,6,11-15H2. The molecule has 0 aromatic carbocycles. The predicted octanol–water partition coefficient (Wildman–Crippen LogP) is 1.25. The molecule has 154 valence electrons. The lowest BCUT2D eigenvalue weighted by atomic mass is 9.76. The summed E-state index contributed by atoms with van der Waals surface area (Å²) in [5.74, 6) is -0.733. The van der Waals surface area contributed by atoms with Crippen LogP contribution in [-0.4, -0.2) is 62.5 Å². The first-order chi connectivity index (χ1) is 14.6. The highest BCUT2D eigenvalue weighted by Crippen LogP contribution is 2.52. The lowest BCUT2D eigenvalue weighted by Crippen LogP contribution is -2.48. The first-order valence-electron chi connectivity index (χ1n) is 10.6. The van der Waals surface area contributed by atoms with E-state index < -0.39 is 17.4 Å². The van der Waals surface area contributed by atoms with Gasteiger partial charge in [0, 0.05) is 43.9 Å². The molecule has 2 amide bonds. The fourth-order valence-corrected chi connectivity index (χ4v) is 5.58. The van der Waals surface area contributed by atoms with E-state index in [0.717, 1.165) is 24.2 Å². The summed E-state index contributed by atoms with van der Waals surface area (Å²) in [6.07, 6.45) is 10.1. The minimum absolute atomic E-state index is 0.0491. The topological polar surface area (TPSA) is 67.7 Å². The Morgan fingerprint density at radius 3 is 2.97 bits per heavy atom. The van der Waals surface area contributed by atoms with Crippen LogP contribution < -0.4 is 0 Å². The van der Waals surface area contributed by atoms with Crippen LogP contribution in [0.3, 0.4) is 0 Å². The van der Waals surface area contributed by atoms with Crippen LogP contribution in [0, 0.1) is 11.8 Å². The van der Waals surface area contributed by atoms with E-state index in [2.05, 4.69) is 21.8 Å². The van der Waals surface area contributed by atoms with Gasteiger partial charge in [0.05, 0.1) is 31.0 Å². The van der Waals surface area contributed by atoms with Crippen LogP contribution >= 0.6 is 0 Å². The number of ether oxygens (including phenoxy) is 1. The highest BCUT2D eigenvalue weighted by Gasteiger charge is 2.67. The van der Waals surface area contributed by atoms with Gasteiger partial charge in [-0.15, -0.1) is 0 Å². The number of carbonyl (C=O) groups is 2. The van der Waals surface area contributed by atoms with E-state index in [9.17, 15) is 9.59 Å². The second kappa shape index (κ2) is 6.54. The fraction of sp³-hybridized carbons (Fsp3) is 0.435. The molecule has 4 atom stereocenters. The molecule has 7 nitrogen and oxygen atoms in total. The quantitative estimate of drug-likeness (QED) is 0.720. The van der Waals surface area contributed by atoms with Gasteiger partial charge in [-0.2, -0.15) is 0 Å². The average molecular weight is 404 g/mol. The molecule has 2 saturated heterocycles. The van der Waals surface area contributed by atoms with Crippen molar-refractivity contribution in [2.24, 2.45) is 11.8 Å². The third-order valence-electron chi connectivity index (χ3n) is 7.08. The molecule has 6 rings (SSSR count). The van der Waals surface area contributed by atoms with Crippen molar-refractivity contribution in [2.75, 3.05) is 19.6 Å². The second-order valence-electron chi connectivity index (χ2n) is 8.72. The molecule has 7 heteroatoms. The zero-order chi connectivity index (χ0) is 20.3. The molecule has 4 aliphatic rings. The molecule has 2 bridgehead atoms. The molecule has 2 aromatic rings. The largest absolute Gasteiger partial charge is 0.360 e. The summed E-state index contributed by atoms with van der Waals surface area (Å²) in [6, 6.07) is 8.02. The molecule has 4 unspecified atom stereocenters. The molecule has 1 spiro atoms. The Bertz CT molecular complexity index is 1030. The van der Waals surface area contributed by atoms with Gasteiger partial charge in [0.25, 0.3) is 0 Å². The maximum absolute atomic E-state index is 13.5. The van der Waals surface area contributed by atoms with Crippen LogP contribution in [0.15, 0.2) is 55.0 Å². The fourth-order valence-electron chi connectivity index (χ4n) is 5.58. The zero-order valence-corrected chi connectivity index (χ0v) is 16.7. The maximum atomic E-state index is 13.5. The van der Waals surface area contributed by atoms with E-state index >= 15 is 0 Å². The number of rotatable bonds is 4. The normalized spacial score (nSPS) is 31.3. The number of pyridine rings is 1. The number of fused-ring (bicyclic) bond motifs is 2. The van der Waals surface area contributed by atoms with Crippen molar-refractivity contribution in [3.63, 3.8) is 0 Å². The Hall–Kier alpha value is -2.93. The first-order valence-corrected chi connectivity index (χ1v) is 10.6. The molecule has 30 heavy (non-hydrogen) atoms. The molecule has 0 radical (unpaired) electrons. The molecule has 0 aliphatic carbocycles. The number of aromatic nitrogens is 2. The summed E-state index contributed by atoms with van der Waals surface area (Å²) >= 11 is 0. The van der Waals surface area contributed by atoms with Crippen LogP contribution in [-0.2, 0) is 33.8 Å². The molecule has 4 aliphatic heterocycles.